The quantitative estimate of drug-likeness (QED) is 0.745. The number of para-hydroxylation sites is 1. The van der Waals surface area contributed by atoms with Gasteiger partial charge in [-0.25, -0.2) is 0 Å². The van der Waals surface area contributed by atoms with E-state index >= 15 is 0 Å². The molecule has 0 aliphatic carbocycles. The number of nitrogens with zero attached hydrogens (tertiary/aromatic N) is 1. The number of rotatable bonds is 8. The summed E-state index contributed by atoms with van der Waals surface area (Å²) in [6.07, 6.45) is 1.95. The van der Waals surface area contributed by atoms with Crippen LogP contribution in [0, 0.1) is 0 Å². The van der Waals surface area contributed by atoms with Crippen LogP contribution in [0.3, 0.4) is 0 Å². The predicted molar refractivity (Wildman–Crippen MR) is 89.3 cm³/mol. The molecule has 0 saturated carbocycles. The molecule has 3 nitrogen and oxygen atoms in total. The normalized spacial score (nSPS) is 11.7. The Morgan fingerprint density at radius 2 is 2.10 bits per heavy atom. The molecule has 0 aliphatic rings. The first-order valence-corrected chi connectivity index (χ1v) is 7.72. The molecule has 0 spiro atoms. The molecule has 21 heavy (non-hydrogen) atoms. The SMILES string of the molecule is C=CCN(Cc1oc2ccccc2c1CNCC)C(C)C. The van der Waals surface area contributed by atoms with Crippen molar-refractivity contribution < 1.29 is 4.42 Å². The van der Waals surface area contributed by atoms with Crippen LogP contribution in [0.1, 0.15) is 32.1 Å². The van der Waals surface area contributed by atoms with Gasteiger partial charge in [0.1, 0.15) is 11.3 Å². The molecular weight excluding hydrogens is 260 g/mol. The smallest absolute Gasteiger partial charge is 0.134 e. The monoisotopic (exact) mass is 286 g/mol. The van der Waals surface area contributed by atoms with Crippen molar-refractivity contribution in [3.63, 3.8) is 0 Å². The minimum atomic E-state index is 0.461. The molecule has 2 aromatic rings. The first kappa shape index (κ1) is 15.8. The lowest BCUT2D eigenvalue weighted by atomic mass is 10.1. The molecule has 0 fully saturated rings. The van der Waals surface area contributed by atoms with Gasteiger partial charge in [0.15, 0.2) is 0 Å². The van der Waals surface area contributed by atoms with Crippen LogP contribution >= 0.6 is 0 Å². The van der Waals surface area contributed by atoms with E-state index in [1.807, 2.05) is 18.2 Å². The van der Waals surface area contributed by atoms with Crippen molar-refractivity contribution in [3.8, 4) is 0 Å². The van der Waals surface area contributed by atoms with E-state index in [0.717, 1.165) is 37.5 Å². The van der Waals surface area contributed by atoms with E-state index in [2.05, 4.69) is 49.7 Å². The number of furan rings is 1. The third kappa shape index (κ3) is 3.74. The molecule has 1 heterocycles. The molecule has 0 bridgehead atoms. The Morgan fingerprint density at radius 3 is 2.76 bits per heavy atom. The van der Waals surface area contributed by atoms with Gasteiger partial charge in [-0.15, -0.1) is 6.58 Å². The molecule has 2 rings (SSSR count). The van der Waals surface area contributed by atoms with Gasteiger partial charge in [-0.3, -0.25) is 4.90 Å². The fraction of sp³-hybridized carbons (Fsp3) is 0.444. The molecular formula is C18H26N2O. The molecule has 1 aromatic carbocycles. The maximum atomic E-state index is 6.11. The van der Waals surface area contributed by atoms with Crippen molar-refractivity contribution in [2.24, 2.45) is 0 Å². The molecule has 3 heteroatoms. The van der Waals surface area contributed by atoms with Gasteiger partial charge in [-0.2, -0.15) is 0 Å². The van der Waals surface area contributed by atoms with Gasteiger partial charge in [-0.05, 0) is 26.5 Å². The molecule has 0 unspecified atom stereocenters. The molecule has 0 atom stereocenters. The van der Waals surface area contributed by atoms with Crippen molar-refractivity contribution >= 4 is 11.0 Å². The lowest BCUT2D eigenvalue weighted by Crippen LogP contribution is -2.30. The van der Waals surface area contributed by atoms with Crippen molar-refractivity contribution in [3.05, 3.63) is 48.2 Å². The number of fused-ring (bicyclic) bond motifs is 1. The third-order valence-electron chi connectivity index (χ3n) is 3.77. The summed E-state index contributed by atoms with van der Waals surface area (Å²) < 4.78 is 6.11. The number of benzene rings is 1. The Bertz CT molecular complexity index is 586. The van der Waals surface area contributed by atoms with Gasteiger partial charge in [0, 0.05) is 30.1 Å². The first-order valence-electron chi connectivity index (χ1n) is 7.72. The minimum absolute atomic E-state index is 0.461. The van der Waals surface area contributed by atoms with Crippen LogP contribution in [0.2, 0.25) is 0 Å². The van der Waals surface area contributed by atoms with Crippen molar-refractivity contribution in [2.45, 2.75) is 39.9 Å². The highest BCUT2D eigenvalue weighted by molar-refractivity contribution is 5.82. The van der Waals surface area contributed by atoms with Crippen LogP contribution in [0.4, 0.5) is 0 Å². The fourth-order valence-electron chi connectivity index (χ4n) is 2.53. The highest BCUT2D eigenvalue weighted by Gasteiger charge is 2.17. The Morgan fingerprint density at radius 1 is 1.33 bits per heavy atom. The highest BCUT2D eigenvalue weighted by atomic mass is 16.3. The van der Waals surface area contributed by atoms with Gasteiger partial charge in [0.05, 0.1) is 6.54 Å². The van der Waals surface area contributed by atoms with Crippen molar-refractivity contribution in [1.82, 2.24) is 10.2 Å². The second kappa shape index (κ2) is 7.43. The summed E-state index contributed by atoms with van der Waals surface area (Å²) in [4.78, 5) is 2.36. The summed E-state index contributed by atoms with van der Waals surface area (Å²) in [6.45, 7) is 13.9. The van der Waals surface area contributed by atoms with E-state index < -0.39 is 0 Å². The van der Waals surface area contributed by atoms with Crippen LogP contribution < -0.4 is 5.32 Å². The van der Waals surface area contributed by atoms with Gasteiger partial charge >= 0.3 is 0 Å². The third-order valence-corrected chi connectivity index (χ3v) is 3.77. The van der Waals surface area contributed by atoms with E-state index in [1.165, 1.54) is 10.9 Å². The standard InChI is InChI=1S/C18H26N2O/c1-5-11-20(14(3)4)13-18-16(12-19-6-2)15-9-7-8-10-17(15)21-18/h5,7-10,14,19H,1,6,11-13H2,2-4H3. The summed E-state index contributed by atoms with van der Waals surface area (Å²) in [6, 6.07) is 8.74. The van der Waals surface area contributed by atoms with Gasteiger partial charge in [-0.1, -0.05) is 31.2 Å². The Labute approximate surface area is 127 Å². The second-order valence-corrected chi connectivity index (χ2v) is 5.59. The average molecular weight is 286 g/mol. The predicted octanol–water partition coefficient (Wildman–Crippen LogP) is 3.94. The molecule has 0 radical (unpaired) electrons. The topological polar surface area (TPSA) is 28.4 Å². The van der Waals surface area contributed by atoms with Gasteiger partial charge in [0.25, 0.3) is 0 Å². The zero-order valence-electron chi connectivity index (χ0n) is 13.4. The second-order valence-electron chi connectivity index (χ2n) is 5.59. The molecule has 0 saturated heterocycles. The molecule has 1 aromatic heterocycles. The van der Waals surface area contributed by atoms with Crippen molar-refractivity contribution in [2.75, 3.05) is 13.1 Å². The van der Waals surface area contributed by atoms with E-state index in [4.69, 9.17) is 4.42 Å². The number of hydrogen-bond acceptors (Lipinski definition) is 3. The van der Waals surface area contributed by atoms with Crippen LogP contribution in [0.15, 0.2) is 41.3 Å². The first-order chi connectivity index (χ1) is 10.2. The van der Waals surface area contributed by atoms with E-state index in [-0.39, 0.29) is 0 Å². The average Bonchev–Trinajstić information content (AvgIpc) is 2.82. The summed E-state index contributed by atoms with van der Waals surface area (Å²) in [5.41, 5.74) is 2.25. The van der Waals surface area contributed by atoms with Gasteiger partial charge < -0.3 is 9.73 Å². The van der Waals surface area contributed by atoms with Crippen molar-refractivity contribution in [1.29, 1.82) is 0 Å². The maximum Gasteiger partial charge on any atom is 0.134 e. The zero-order valence-corrected chi connectivity index (χ0v) is 13.4. The Hall–Kier alpha value is -1.58. The largest absolute Gasteiger partial charge is 0.459 e. The van der Waals surface area contributed by atoms with E-state index in [1.54, 1.807) is 0 Å². The van der Waals surface area contributed by atoms with E-state index in [9.17, 15) is 0 Å². The molecule has 114 valence electrons. The number of hydrogen-bond donors (Lipinski definition) is 1. The molecule has 1 N–H and O–H groups in total. The van der Waals surface area contributed by atoms with Crippen LogP contribution in [0.25, 0.3) is 11.0 Å². The zero-order chi connectivity index (χ0) is 15.2. The summed E-state index contributed by atoms with van der Waals surface area (Å²) in [7, 11) is 0. The lowest BCUT2D eigenvalue weighted by Gasteiger charge is -2.24. The molecule has 0 aliphatic heterocycles. The van der Waals surface area contributed by atoms with Crippen LogP contribution in [-0.4, -0.2) is 24.0 Å². The summed E-state index contributed by atoms with van der Waals surface area (Å²) in [5, 5.41) is 4.64. The lowest BCUT2D eigenvalue weighted by molar-refractivity contribution is 0.219. The molecule has 0 amide bonds. The van der Waals surface area contributed by atoms with Gasteiger partial charge in [0.2, 0.25) is 0 Å². The summed E-state index contributed by atoms with van der Waals surface area (Å²) in [5.74, 6) is 1.06. The highest BCUT2D eigenvalue weighted by Crippen LogP contribution is 2.27. The summed E-state index contributed by atoms with van der Waals surface area (Å²) >= 11 is 0. The number of nitrogens with one attached hydrogen (secondary N) is 1. The fourth-order valence-corrected chi connectivity index (χ4v) is 2.53. The van der Waals surface area contributed by atoms with E-state index in [0.29, 0.717) is 6.04 Å². The van der Waals surface area contributed by atoms with Crippen LogP contribution in [0.5, 0.6) is 0 Å². The maximum absolute atomic E-state index is 6.11. The Kier molecular flexibility index (Phi) is 5.59. The van der Waals surface area contributed by atoms with Crippen LogP contribution in [-0.2, 0) is 13.1 Å². The minimum Gasteiger partial charge on any atom is -0.459 e. The Balaban J connectivity index is 2.34.